The van der Waals surface area contributed by atoms with Crippen LogP contribution in [0.4, 0.5) is 0 Å². The lowest BCUT2D eigenvalue weighted by molar-refractivity contribution is -0.119. The van der Waals surface area contributed by atoms with Gasteiger partial charge in [-0.3, -0.25) is 9.89 Å². The molecule has 1 aromatic heterocycles. The summed E-state index contributed by atoms with van der Waals surface area (Å²) in [5, 5.41) is 10.9. The largest absolute Gasteiger partial charge is 0.497 e. The molecule has 1 aromatic carbocycles. The topological polar surface area (TPSA) is 89.1 Å². The molecule has 0 spiro atoms. The van der Waals surface area contributed by atoms with E-state index in [0.29, 0.717) is 40.2 Å². The van der Waals surface area contributed by atoms with Gasteiger partial charge in [-0.2, -0.15) is 0 Å². The highest BCUT2D eigenvalue weighted by Gasteiger charge is 2.40. The molecule has 2 fully saturated rings. The number of fused-ring (bicyclic) bond motifs is 2. The highest BCUT2D eigenvalue weighted by atomic mass is 32.2. The molecule has 2 aliphatic rings. The molecule has 0 aliphatic heterocycles. The van der Waals surface area contributed by atoms with Crippen LogP contribution in [0.5, 0.6) is 11.5 Å². The fourth-order valence-corrected chi connectivity index (χ4v) is 4.79. The van der Waals surface area contributed by atoms with E-state index in [1.54, 1.807) is 20.3 Å². The number of hydrogen-bond acceptors (Lipinski definition) is 6. The SMILES string of the molecule is COc1cc(OC)cc(-c2nc(SCC(=O)N[C@@H]3C[C@H]4CC[C@@H]3C4)n[nH]2)c1. The minimum atomic E-state index is 0.0620. The van der Waals surface area contributed by atoms with E-state index in [9.17, 15) is 4.79 Å². The third-order valence-electron chi connectivity index (χ3n) is 5.51. The zero-order valence-electron chi connectivity index (χ0n) is 15.5. The van der Waals surface area contributed by atoms with Crippen LogP contribution < -0.4 is 14.8 Å². The Kier molecular flexibility index (Phi) is 5.24. The summed E-state index contributed by atoms with van der Waals surface area (Å²) < 4.78 is 10.6. The van der Waals surface area contributed by atoms with Crippen LogP contribution in [-0.4, -0.2) is 47.1 Å². The molecule has 2 N–H and O–H groups in total. The fraction of sp³-hybridized carbons (Fsp3) is 0.526. The first-order chi connectivity index (χ1) is 13.1. The molecule has 4 rings (SSSR count). The summed E-state index contributed by atoms with van der Waals surface area (Å²) in [6.45, 7) is 0. The highest BCUT2D eigenvalue weighted by molar-refractivity contribution is 7.99. The van der Waals surface area contributed by atoms with Gasteiger partial charge in [0.15, 0.2) is 5.82 Å². The van der Waals surface area contributed by atoms with Crippen molar-refractivity contribution >= 4 is 17.7 Å². The molecule has 2 saturated carbocycles. The predicted molar refractivity (Wildman–Crippen MR) is 103 cm³/mol. The Labute approximate surface area is 162 Å². The Morgan fingerprint density at radius 3 is 2.63 bits per heavy atom. The lowest BCUT2D eigenvalue weighted by atomic mass is 9.95. The number of rotatable bonds is 7. The van der Waals surface area contributed by atoms with Crippen molar-refractivity contribution < 1.29 is 14.3 Å². The van der Waals surface area contributed by atoms with Gasteiger partial charge in [-0.05, 0) is 43.2 Å². The summed E-state index contributed by atoms with van der Waals surface area (Å²) in [6, 6.07) is 5.89. The quantitative estimate of drug-likeness (QED) is 0.709. The van der Waals surface area contributed by atoms with Gasteiger partial charge in [0, 0.05) is 17.7 Å². The molecule has 2 aromatic rings. The van der Waals surface area contributed by atoms with Crippen molar-refractivity contribution in [3.8, 4) is 22.9 Å². The second-order valence-corrected chi connectivity index (χ2v) is 8.15. The first kappa shape index (κ1) is 18.2. The first-order valence-corrected chi connectivity index (χ1v) is 10.2. The Bertz CT molecular complexity index is 803. The first-order valence-electron chi connectivity index (χ1n) is 9.22. The van der Waals surface area contributed by atoms with Crippen molar-refractivity contribution in [3.63, 3.8) is 0 Å². The monoisotopic (exact) mass is 388 g/mol. The minimum absolute atomic E-state index is 0.0620. The summed E-state index contributed by atoms with van der Waals surface area (Å²) >= 11 is 1.34. The number of carbonyl (C=O) groups excluding carboxylic acids is 1. The molecule has 27 heavy (non-hydrogen) atoms. The van der Waals surface area contributed by atoms with E-state index in [1.165, 1.54) is 31.0 Å². The van der Waals surface area contributed by atoms with Crippen molar-refractivity contribution in [2.75, 3.05) is 20.0 Å². The molecular weight excluding hydrogens is 364 g/mol. The number of hydrogen-bond donors (Lipinski definition) is 2. The minimum Gasteiger partial charge on any atom is -0.497 e. The van der Waals surface area contributed by atoms with Gasteiger partial charge in [0.2, 0.25) is 11.1 Å². The zero-order chi connectivity index (χ0) is 18.8. The number of carbonyl (C=O) groups is 1. The van der Waals surface area contributed by atoms with Crippen molar-refractivity contribution in [2.45, 2.75) is 36.9 Å². The average molecular weight is 388 g/mol. The summed E-state index contributed by atoms with van der Waals surface area (Å²) in [5.74, 6) is 3.87. The van der Waals surface area contributed by atoms with Gasteiger partial charge in [-0.15, -0.1) is 5.10 Å². The second kappa shape index (κ2) is 7.80. The van der Waals surface area contributed by atoms with Crippen LogP contribution in [0.2, 0.25) is 0 Å². The van der Waals surface area contributed by atoms with Gasteiger partial charge >= 0.3 is 0 Å². The molecule has 7 nitrogen and oxygen atoms in total. The molecule has 1 heterocycles. The number of nitrogens with zero attached hydrogens (tertiary/aromatic N) is 2. The Morgan fingerprint density at radius 2 is 2.00 bits per heavy atom. The standard InChI is InChI=1S/C19H24N4O3S/c1-25-14-7-13(8-15(9-14)26-2)18-21-19(23-22-18)27-10-17(24)20-16-6-11-3-4-12(16)5-11/h7-9,11-12,16H,3-6,10H2,1-2H3,(H,20,24)(H,21,22,23)/t11-,12+,16+/m0/s1. The second-order valence-electron chi connectivity index (χ2n) is 7.21. The maximum atomic E-state index is 12.3. The van der Waals surface area contributed by atoms with E-state index in [4.69, 9.17) is 9.47 Å². The summed E-state index contributed by atoms with van der Waals surface area (Å²) in [7, 11) is 3.21. The molecule has 0 saturated heterocycles. The van der Waals surface area contributed by atoms with Crippen LogP contribution in [0.1, 0.15) is 25.7 Å². The molecule has 8 heteroatoms. The van der Waals surface area contributed by atoms with E-state index in [1.807, 2.05) is 12.1 Å². The highest BCUT2D eigenvalue weighted by Crippen LogP contribution is 2.44. The van der Waals surface area contributed by atoms with Crippen LogP contribution in [0.25, 0.3) is 11.4 Å². The third-order valence-corrected chi connectivity index (χ3v) is 6.35. The van der Waals surface area contributed by atoms with Crippen molar-refractivity contribution in [1.29, 1.82) is 0 Å². The molecule has 0 radical (unpaired) electrons. The summed E-state index contributed by atoms with van der Waals surface area (Å²) in [5.41, 5.74) is 0.817. The number of aromatic nitrogens is 3. The van der Waals surface area contributed by atoms with E-state index < -0.39 is 0 Å². The zero-order valence-corrected chi connectivity index (χ0v) is 16.3. The van der Waals surface area contributed by atoms with E-state index in [2.05, 4.69) is 20.5 Å². The maximum Gasteiger partial charge on any atom is 0.230 e. The number of benzene rings is 1. The average Bonchev–Trinajstić information content (AvgIpc) is 3.42. The Morgan fingerprint density at radius 1 is 1.22 bits per heavy atom. The van der Waals surface area contributed by atoms with Crippen molar-refractivity contribution in [1.82, 2.24) is 20.5 Å². The summed E-state index contributed by atoms with van der Waals surface area (Å²) in [4.78, 5) is 16.7. The number of nitrogens with one attached hydrogen (secondary N) is 2. The maximum absolute atomic E-state index is 12.3. The molecule has 1 amide bonds. The number of ether oxygens (including phenoxy) is 2. The van der Waals surface area contributed by atoms with Crippen LogP contribution in [0.3, 0.4) is 0 Å². The van der Waals surface area contributed by atoms with Crippen LogP contribution in [0.15, 0.2) is 23.4 Å². The van der Waals surface area contributed by atoms with Crippen LogP contribution in [0, 0.1) is 11.8 Å². The van der Waals surface area contributed by atoms with Gasteiger partial charge in [-0.25, -0.2) is 4.98 Å². The van der Waals surface area contributed by atoms with E-state index in [0.717, 1.165) is 17.9 Å². The molecule has 2 aliphatic carbocycles. The van der Waals surface area contributed by atoms with Gasteiger partial charge in [0.05, 0.1) is 20.0 Å². The van der Waals surface area contributed by atoms with Gasteiger partial charge in [0.25, 0.3) is 0 Å². The number of H-pyrrole nitrogens is 1. The number of thioether (sulfide) groups is 1. The van der Waals surface area contributed by atoms with Gasteiger partial charge in [0.1, 0.15) is 11.5 Å². The third kappa shape index (κ3) is 4.05. The van der Waals surface area contributed by atoms with Crippen LogP contribution >= 0.6 is 11.8 Å². The fourth-order valence-electron chi connectivity index (χ4n) is 4.18. The molecule has 0 unspecified atom stereocenters. The van der Waals surface area contributed by atoms with Crippen LogP contribution in [-0.2, 0) is 4.79 Å². The number of amides is 1. The Hall–Kier alpha value is -2.22. The molecular formula is C19H24N4O3S. The lowest BCUT2D eigenvalue weighted by Gasteiger charge is -2.22. The van der Waals surface area contributed by atoms with Crippen molar-refractivity contribution in [2.24, 2.45) is 11.8 Å². The lowest BCUT2D eigenvalue weighted by Crippen LogP contribution is -2.39. The summed E-state index contributed by atoms with van der Waals surface area (Å²) in [6.07, 6.45) is 5.02. The molecule has 144 valence electrons. The Balaban J connectivity index is 1.35. The normalized spacial score (nSPS) is 23.4. The van der Waals surface area contributed by atoms with E-state index in [-0.39, 0.29) is 5.91 Å². The molecule has 2 bridgehead atoms. The van der Waals surface area contributed by atoms with Crippen molar-refractivity contribution in [3.05, 3.63) is 18.2 Å². The van der Waals surface area contributed by atoms with Gasteiger partial charge < -0.3 is 14.8 Å². The van der Waals surface area contributed by atoms with E-state index >= 15 is 0 Å². The predicted octanol–water partition coefficient (Wildman–Crippen LogP) is 2.89. The number of aromatic amines is 1. The van der Waals surface area contributed by atoms with Gasteiger partial charge in [-0.1, -0.05) is 18.2 Å². The smallest absolute Gasteiger partial charge is 0.230 e. The molecule has 3 atom stereocenters. The number of methoxy groups -OCH3 is 2.